The molecule has 0 bridgehead atoms. The van der Waals surface area contributed by atoms with Crippen LogP contribution in [0.3, 0.4) is 0 Å². The van der Waals surface area contributed by atoms with E-state index < -0.39 is 6.04 Å². The first-order valence-electron chi connectivity index (χ1n) is 10.1. The van der Waals surface area contributed by atoms with Crippen LogP contribution in [0.2, 0.25) is 10.0 Å². The number of hydrogen-bond acceptors (Lipinski definition) is 3. The van der Waals surface area contributed by atoms with Gasteiger partial charge < -0.3 is 15.0 Å². The number of aryl methyl sites for hydroxylation is 1. The van der Waals surface area contributed by atoms with Crippen molar-refractivity contribution in [3.63, 3.8) is 0 Å². The van der Waals surface area contributed by atoms with Gasteiger partial charge in [0.25, 0.3) is 5.91 Å². The van der Waals surface area contributed by atoms with Crippen molar-refractivity contribution < 1.29 is 14.3 Å². The van der Waals surface area contributed by atoms with Crippen molar-refractivity contribution in [2.75, 3.05) is 6.61 Å². The molecule has 8 heteroatoms. The molecule has 1 N–H and O–H groups in total. The molecule has 0 aliphatic heterocycles. The van der Waals surface area contributed by atoms with E-state index in [-0.39, 0.29) is 31.0 Å². The molecule has 0 aliphatic carbocycles. The first-order valence-corrected chi connectivity index (χ1v) is 11.6. The van der Waals surface area contributed by atoms with Crippen LogP contribution in [0.4, 0.5) is 0 Å². The lowest BCUT2D eigenvalue weighted by atomic mass is 10.1. The van der Waals surface area contributed by atoms with Gasteiger partial charge in [0, 0.05) is 32.7 Å². The van der Waals surface area contributed by atoms with Gasteiger partial charge in [-0.25, -0.2) is 0 Å². The van der Waals surface area contributed by atoms with Crippen LogP contribution < -0.4 is 10.1 Å². The topological polar surface area (TPSA) is 58.6 Å². The molecular weight excluding hydrogens is 503 g/mol. The summed E-state index contributed by atoms with van der Waals surface area (Å²) in [6.07, 6.45) is 0.786. The predicted octanol–water partition coefficient (Wildman–Crippen LogP) is 5.78. The number of halogens is 3. The Balaban J connectivity index is 2.23. The molecule has 2 rings (SSSR count). The van der Waals surface area contributed by atoms with Gasteiger partial charge in [-0.3, -0.25) is 9.59 Å². The molecule has 31 heavy (non-hydrogen) atoms. The van der Waals surface area contributed by atoms with Gasteiger partial charge in [0.05, 0.1) is 0 Å². The minimum Gasteiger partial charge on any atom is -0.484 e. The standard InChI is InChI=1S/C23H27BrCl2N2O3/c1-5-15(3)27-23(30)16(4)28(12-18-20(25)7-6-8-21(18)26)22(29)13-31-17-9-10-19(24)14(2)11-17/h6-11,15-16H,5,12-13H2,1-4H3,(H,27,30)/t15-,16-/m0/s1. The van der Waals surface area contributed by atoms with Gasteiger partial charge in [0.1, 0.15) is 11.8 Å². The lowest BCUT2D eigenvalue weighted by Crippen LogP contribution is -2.50. The maximum Gasteiger partial charge on any atom is 0.261 e. The first kappa shape index (κ1) is 25.5. The number of rotatable bonds is 9. The SMILES string of the molecule is CC[C@H](C)NC(=O)[C@H](C)N(Cc1c(Cl)cccc1Cl)C(=O)COc1ccc(Br)c(C)c1. The van der Waals surface area contributed by atoms with E-state index in [1.807, 2.05) is 32.9 Å². The second-order valence-corrected chi connectivity index (χ2v) is 9.08. The van der Waals surface area contributed by atoms with Gasteiger partial charge in [-0.1, -0.05) is 52.1 Å². The van der Waals surface area contributed by atoms with Crippen LogP contribution in [0, 0.1) is 6.92 Å². The summed E-state index contributed by atoms with van der Waals surface area (Å²) in [5.74, 6) is -0.0183. The van der Waals surface area contributed by atoms with Gasteiger partial charge >= 0.3 is 0 Å². The maximum absolute atomic E-state index is 13.1. The number of carbonyl (C=O) groups excluding carboxylic acids is 2. The fraction of sp³-hybridized carbons (Fsp3) is 0.391. The Morgan fingerprint density at radius 3 is 2.39 bits per heavy atom. The van der Waals surface area contributed by atoms with Gasteiger partial charge in [-0.15, -0.1) is 0 Å². The lowest BCUT2D eigenvalue weighted by molar-refractivity contribution is -0.142. The van der Waals surface area contributed by atoms with Crippen molar-refractivity contribution >= 4 is 50.9 Å². The Hall–Kier alpha value is -1.76. The van der Waals surface area contributed by atoms with E-state index >= 15 is 0 Å². The smallest absolute Gasteiger partial charge is 0.261 e. The maximum atomic E-state index is 13.1. The zero-order valence-corrected chi connectivity index (χ0v) is 21.1. The highest BCUT2D eigenvalue weighted by Gasteiger charge is 2.28. The van der Waals surface area contributed by atoms with Crippen molar-refractivity contribution in [3.05, 3.63) is 62.0 Å². The fourth-order valence-corrected chi connectivity index (χ4v) is 3.60. The minimum atomic E-state index is -0.732. The third kappa shape index (κ3) is 7.13. The highest BCUT2D eigenvalue weighted by molar-refractivity contribution is 9.10. The Bertz CT molecular complexity index is 919. The van der Waals surface area contributed by atoms with Crippen molar-refractivity contribution in [2.45, 2.75) is 52.7 Å². The highest BCUT2D eigenvalue weighted by Crippen LogP contribution is 2.27. The van der Waals surface area contributed by atoms with Crippen molar-refractivity contribution in [2.24, 2.45) is 0 Å². The van der Waals surface area contributed by atoms with E-state index in [1.165, 1.54) is 4.90 Å². The second kappa shape index (κ2) is 11.7. The summed E-state index contributed by atoms with van der Waals surface area (Å²) in [6.45, 7) is 7.39. The van der Waals surface area contributed by atoms with E-state index in [2.05, 4.69) is 21.2 Å². The minimum absolute atomic E-state index is 0.00204. The molecule has 0 saturated carbocycles. The molecule has 0 fully saturated rings. The van der Waals surface area contributed by atoms with E-state index in [1.54, 1.807) is 31.2 Å². The van der Waals surface area contributed by atoms with Crippen LogP contribution in [0.15, 0.2) is 40.9 Å². The number of nitrogens with one attached hydrogen (secondary N) is 1. The molecule has 5 nitrogen and oxygen atoms in total. The van der Waals surface area contributed by atoms with E-state index in [4.69, 9.17) is 27.9 Å². The van der Waals surface area contributed by atoms with Crippen LogP contribution in [0.25, 0.3) is 0 Å². The quantitative estimate of drug-likeness (QED) is 0.448. The largest absolute Gasteiger partial charge is 0.484 e. The zero-order chi connectivity index (χ0) is 23.1. The summed E-state index contributed by atoms with van der Waals surface area (Å²) in [6, 6.07) is 9.88. The number of carbonyl (C=O) groups is 2. The van der Waals surface area contributed by atoms with E-state index in [0.29, 0.717) is 21.4 Å². The Kier molecular flexibility index (Phi) is 9.66. The Morgan fingerprint density at radius 2 is 1.81 bits per heavy atom. The number of ether oxygens (including phenoxy) is 1. The zero-order valence-electron chi connectivity index (χ0n) is 18.0. The molecule has 0 aliphatic rings. The van der Waals surface area contributed by atoms with Crippen LogP contribution in [0.1, 0.15) is 38.3 Å². The highest BCUT2D eigenvalue weighted by atomic mass is 79.9. The van der Waals surface area contributed by atoms with Crippen molar-refractivity contribution in [1.29, 1.82) is 0 Å². The summed E-state index contributed by atoms with van der Waals surface area (Å²) in [5, 5.41) is 3.79. The van der Waals surface area contributed by atoms with Gasteiger partial charge in [0.2, 0.25) is 5.91 Å². The summed E-state index contributed by atoms with van der Waals surface area (Å²) in [4.78, 5) is 27.3. The molecule has 0 radical (unpaired) electrons. The average molecular weight is 530 g/mol. The van der Waals surface area contributed by atoms with Crippen LogP contribution in [0.5, 0.6) is 5.75 Å². The average Bonchev–Trinajstić information content (AvgIpc) is 2.73. The molecule has 0 unspecified atom stereocenters. The van der Waals surface area contributed by atoms with E-state index in [9.17, 15) is 9.59 Å². The monoisotopic (exact) mass is 528 g/mol. The molecule has 2 atom stereocenters. The molecule has 0 saturated heterocycles. The predicted molar refractivity (Wildman–Crippen MR) is 129 cm³/mol. The van der Waals surface area contributed by atoms with Crippen LogP contribution >= 0.6 is 39.1 Å². The number of benzene rings is 2. The van der Waals surface area contributed by atoms with Gasteiger partial charge in [-0.05, 0) is 63.1 Å². The lowest BCUT2D eigenvalue weighted by Gasteiger charge is -2.30. The molecule has 168 valence electrons. The summed E-state index contributed by atoms with van der Waals surface area (Å²) >= 11 is 16.1. The van der Waals surface area contributed by atoms with Gasteiger partial charge in [0.15, 0.2) is 6.61 Å². The summed E-state index contributed by atoms with van der Waals surface area (Å²) in [5.41, 5.74) is 1.58. The molecule has 0 aromatic heterocycles. The fourth-order valence-electron chi connectivity index (χ4n) is 2.84. The third-order valence-electron chi connectivity index (χ3n) is 5.05. The number of amides is 2. The summed E-state index contributed by atoms with van der Waals surface area (Å²) < 4.78 is 6.66. The summed E-state index contributed by atoms with van der Waals surface area (Å²) in [7, 11) is 0. The number of hydrogen-bond donors (Lipinski definition) is 1. The van der Waals surface area contributed by atoms with Gasteiger partial charge in [-0.2, -0.15) is 0 Å². The van der Waals surface area contributed by atoms with Crippen molar-refractivity contribution in [1.82, 2.24) is 10.2 Å². The molecule has 2 amide bonds. The normalized spacial score (nSPS) is 12.7. The second-order valence-electron chi connectivity index (χ2n) is 7.42. The third-order valence-corrected chi connectivity index (χ3v) is 6.65. The Labute approximate surface area is 202 Å². The van der Waals surface area contributed by atoms with Crippen molar-refractivity contribution in [3.8, 4) is 5.75 Å². The molecule has 0 spiro atoms. The first-order chi connectivity index (χ1) is 14.6. The Morgan fingerprint density at radius 1 is 1.16 bits per heavy atom. The molecule has 2 aromatic carbocycles. The molecular formula is C23H27BrCl2N2O3. The van der Waals surface area contributed by atoms with Crippen LogP contribution in [-0.4, -0.2) is 35.4 Å². The van der Waals surface area contributed by atoms with E-state index in [0.717, 1.165) is 16.5 Å². The molecule has 0 heterocycles. The number of nitrogens with zero attached hydrogens (tertiary/aromatic N) is 1. The molecule has 2 aromatic rings. The van der Waals surface area contributed by atoms with Crippen LogP contribution in [-0.2, 0) is 16.1 Å².